The van der Waals surface area contributed by atoms with E-state index >= 15 is 0 Å². The highest BCUT2D eigenvalue weighted by atomic mass is 16.1. The summed E-state index contributed by atoms with van der Waals surface area (Å²) in [6.07, 6.45) is 6.72. The molecule has 0 bridgehead atoms. The van der Waals surface area contributed by atoms with Crippen LogP contribution < -0.4 is 0 Å². The van der Waals surface area contributed by atoms with E-state index in [1.54, 1.807) is 6.08 Å². The second kappa shape index (κ2) is 2.18. The molecule has 0 amide bonds. The first-order valence-corrected chi connectivity index (χ1v) is 4.38. The van der Waals surface area contributed by atoms with Crippen LogP contribution >= 0.6 is 0 Å². The van der Waals surface area contributed by atoms with E-state index in [0.717, 1.165) is 6.42 Å². The molecule has 2 unspecified atom stereocenters. The third kappa shape index (κ3) is 0.860. The SMILES string of the molecule is CC1CC1(N=C=O)C1CCC1. The number of hydrogen-bond donors (Lipinski definition) is 0. The second-order valence-corrected chi connectivity index (χ2v) is 3.93. The molecule has 2 saturated carbocycles. The van der Waals surface area contributed by atoms with Crippen molar-refractivity contribution in [2.75, 3.05) is 0 Å². The van der Waals surface area contributed by atoms with Crippen LogP contribution in [-0.2, 0) is 4.79 Å². The highest BCUT2D eigenvalue weighted by molar-refractivity contribution is 5.38. The zero-order valence-corrected chi connectivity index (χ0v) is 6.84. The quantitative estimate of drug-likeness (QED) is 0.438. The van der Waals surface area contributed by atoms with Gasteiger partial charge in [0.2, 0.25) is 6.08 Å². The average Bonchev–Trinajstić information content (AvgIpc) is 2.38. The van der Waals surface area contributed by atoms with Gasteiger partial charge in [0.15, 0.2) is 0 Å². The summed E-state index contributed by atoms with van der Waals surface area (Å²) in [5, 5.41) is 0. The van der Waals surface area contributed by atoms with Crippen LogP contribution in [0.3, 0.4) is 0 Å². The van der Waals surface area contributed by atoms with Gasteiger partial charge >= 0.3 is 0 Å². The van der Waals surface area contributed by atoms with Crippen molar-refractivity contribution in [3.8, 4) is 0 Å². The van der Waals surface area contributed by atoms with Gasteiger partial charge in [-0.2, -0.15) is 4.99 Å². The van der Waals surface area contributed by atoms with Crippen LogP contribution in [0.15, 0.2) is 4.99 Å². The van der Waals surface area contributed by atoms with Crippen LogP contribution in [0.2, 0.25) is 0 Å². The maximum absolute atomic E-state index is 10.2. The largest absolute Gasteiger partial charge is 0.235 e. The number of aliphatic imine (C=N–C) groups is 1. The van der Waals surface area contributed by atoms with E-state index in [4.69, 9.17) is 0 Å². The van der Waals surface area contributed by atoms with Crippen molar-refractivity contribution in [1.82, 2.24) is 0 Å². The van der Waals surface area contributed by atoms with Crippen LogP contribution in [-0.4, -0.2) is 11.6 Å². The molecule has 11 heavy (non-hydrogen) atoms. The van der Waals surface area contributed by atoms with Crippen LogP contribution in [0.5, 0.6) is 0 Å². The van der Waals surface area contributed by atoms with E-state index in [1.807, 2.05) is 0 Å². The fraction of sp³-hybridized carbons (Fsp3) is 0.889. The van der Waals surface area contributed by atoms with Gasteiger partial charge in [0.1, 0.15) is 0 Å². The Morgan fingerprint density at radius 3 is 2.45 bits per heavy atom. The molecule has 2 aliphatic carbocycles. The Bertz CT molecular complexity index is 216. The topological polar surface area (TPSA) is 29.4 Å². The lowest BCUT2D eigenvalue weighted by atomic mass is 9.77. The minimum Gasteiger partial charge on any atom is -0.211 e. The lowest BCUT2D eigenvalue weighted by Gasteiger charge is -2.31. The Kier molecular flexibility index (Phi) is 1.40. The third-order valence-electron chi connectivity index (χ3n) is 3.39. The third-order valence-corrected chi connectivity index (χ3v) is 3.39. The molecule has 0 aliphatic heterocycles. The molecule has 2 nitrogen and oxygen atoms in total. The predicted octanol–water partition coefficient (Wildman–Crippen LogP) is 1.90. The van der Waals surface area contributed by atoms with Crippen molar-refractivity contribution < 1.29 is 4.79 Å². The Labute approximate surface area is 66.7 Å². The summed E-state index contributed by atoms with van der Waals surface area (Å²) >= 11 is 0. The molecule has 2 atom stereocenters. The van der Waals surface area contributed by atoms with Crippen molar-refractivity contribution in [1.29, 1.82) is 0 Å². The van der Waals surface area contributed by atoms with Gasteiger partial charge in [-0.05, 0) is 31.1 Å². The Balaban J connectivity index is 2.11. The summed E-state index contributed by atoms with van der Waals surface area (Å²) in [6, 6.07) is 0. The van der Waals surface area contributed by atoms with Gasteiger partial charge in [0.25, 0.3) is 0 Å². The molecule has 2 aliphatic rings. The maximum Gasteiger partial charge on any atom is 0.235 e. The summed E-state index contributed by atoms with van der Waals surface area (Å²) in [5.41, 5.74) is 0.0556. The summed E-state index contributed by atoms with van der Waals surface area (Å²) in [6.45, 7) is 2.18. The lowest BCUT2D eigenvalue weighted by Crippen LogP contribution is -2.28. The van der Waals surface area contributed by atoms with E-state index in [0.29, 0.717) is 11.8 Å². The zero-order chi connectivity index (χ0) is 7.90. The Morgan fingerprint density at radius 2 is 2.18 bits per heavy atom. The van der Waals surface area contributed by atoms with Crippen molar-refractivity contribution in [2.24, 2.45) is 16.8 Å². The van der Waals surface area contributed by atoms with Gasteiger partial charge in [-0.3, -0.25) is 0 Å². The van der Waals surface area contributed by atoms with E-state index in [-0.39, 0.29) is 5.54 Å². The summed E-state index contributed by atoms with van der Waals surface area (Å²) in [4.78, 5) is 14.1. The fourth-order valence-electron chi connectivity index (χ4n) is 2.24. The number of nitrogens with zero attached hydrogens (tertiary/aromatic N) is 1. The molecule has 0 aromatic rings. The molecule has 0 aromatic carbocycles. The first kappa shape index (κ1) is 7.05. The molecule has 2 fully saturated rings. The van der Waals surface area contributed by atoms with Gasteiger partial charge in [0, 0.05) is 0 Å². The van der Waals surface area contributed by atoms with Crippen LogP contribution in [0.4, 0.5) is 0 Å². The number of carbonyl (C=O) groups excluding carboxylic acids is 1. The normalized spacial score (nSPS) is 42.5. The van der Waals surface area contributed by atoms with Crippen LogP contribution in [0, 0.1) is 11.8 Å². The molecule has 0 aromatic heterocycles. The molecule has 0 heterocycles. The molecule has 0 radical (unpaired) electrons. The van der Waals surface area contributed by atoms with Crippen molar-refractivity contribution in [3.63, 3.8) is 0 Å². The smallest absolute Gasteiger partial charge is 0.211 e. The lowest BCUT2D eigenvalue weighted by molar-refractivity contribution is 0.238. The minimum absolute atomic E-state index is 0.0556. The average molecular weight is 151 g/mol. The van der Waals surface area contributed by atoms with E-state index in [9.17, 15) is 4.79 Å². The highest BCUT2D eigenvalue weighted by Crippen LogP contribution is 2.57. The van der Waals surface area contributed by atoms with E-state index in [2.05, 4.69) is 11.9 Å². The fourth-order valence-corrected chi connectivity index (χ4v) is 2.24. The minimum atomic E-state index is 0.0556. The highest BCUT2D eigenvalue weighted by Gasteiger charge is 2.58. The Hall–Kier alpha value is -0.620. The van der Waals surface area contributed by atoms with E-state index in [1.165, 1.54) is 19.3 Å². The molecular weight excluding hydrogens is 138 g/mol. The van der Waals surface area contributed by atoms with Crippen LogP contribution in [0.25, 0.3) is 0 Å². The number of hydrogen-bond acceptors (Lipinski definition) is 2. The number of rotatable bonds is 2. The first-order valence-electron chi connectivity index (χ1n) is 4.38. The molecular formula is C9H13NO. The first-order chi connectivity index (χ1) is 5.29. The number of isocyanates is 1. The van der Waals surface area contributed by atoms with Gasteiger partial charge in [-0.15, -0.1) is 0 Å². The monoisotopic (exact) mass is 151 g/mol. The molecule has 2 heteroatoms. The molecule has 0 N–H and O–H groups in total. The maximum atomic E-state index is 10.2. The molecule has 0 saturated heterocycles. The van der Waals surface area contributed by atoms with Crippen molar-refractivity contribution in [3.05, 3.63) is 0 Å². The van der Waals surface area contributed by atoms with E-state index < -0.39 is 0 Å². The molecule has 60 valence electrons. The predicted molar refractivity (Wildman–Crippen MR) is 42.0 cm³/mol. The molecule has 2 rings (SSSR count). The zero-order valence-electron chi connectivity index (χ0n) is 6.84. The van der Waals surface area contributed by atoms with Gasteiger partial charge in [-0.25, -0.2) is 4.79 Å². The van der Waals surface area contributed by atoms with Gasteiger partial charge < -0.3 is 0 Å². The van der Waals surface area contributed by atoms with Gasteiger partial charge in [0.05, 0.1) is 5.54 Å². The van der Waals surface area contributed by atoms with Crippen LogP contribution in [0.1, 0.15) is 32.6 Å². The summed E-state index contributed by atoms with van der Waals surface area (Å²) < 4.78 is 0. The molecule has 0 spiro atoms. The Morgan fingerprint density at radius 1 is 1.55 bits per heavy atom. The summed E-state index contributed by atoms with van der Waals surface area (Å²) in [5.74, 6) is 1.34. The second-order valence-electron chi connectivity index (χ2n) is 3.93. The van der Waals surface area contributed by atoms with Gasteiger partial charge in [-0.1, -0.05) is 13.3 Å². The van der Waals surface area contributed by atoms with Crippen molar-refractivity contribution >= 4 is 6.08 Å². The summed E-state index contributed by atoms with van der Waals surface area (Å²) in [7, 11) is 0. The standard InChI is InChI=1S/C9H13NO/c1-7-5-9(7,10-6-11)8-3-2-4-8/h7-8H,2-5H2,1H3. The van der Waals surface area contributed by atoms with Crippen molar-refractivity contribution in [2.45, 2.75) is 38.1 Å².